The summed E-state index contributed by atoms with van der Waals surface area (Å²) in [6, 6.07) is 11.2. The van der Waals surface area contributed by atoms with Gasteiger partial charge in [0.25, 0.3) is 0 Å². The van der Waals surface area contributed by atoms with Crippen molar-refractivity contribution in [2.75, 3.05) is 13.2 Å². The number of aliphatic hydroxyl groups is 1. The molecule has 24 heavy (non-hydrogen) atoms. The molecule has 130 valence electrons. The first-order valence-electron chi connectivity index (χ1n) is 8.95. The molecule has 1 aromatic carbocycles. The van der Waals surface area contributed by atoms with Gasteiger partial charge in [0, 0.05) is 25.0 Å². The van der Waals surface area contributed by atoms with Crippen molar-refractivity contribution in [3.8, 4) is 11.5 Å². The van der Waals surface area contributed by atoms with E-state index in [0.717, 1.165) is 19.4 Å². The third-order valence-corrected chi connectivity index (χ3v) is 5.81. The number of benzene rings is 1. The third kappa shape index (κ3) is 4.49. The van der Waals surface area contributed by atoms with Gasteiger partial charge in [-0.1, -0.05) is 50.0 Å². The lowest BCUT2D eigenvalue weighted by Crippen LogP contribution is -2.61. The fourth-order valence-corrected chi connectivity index (χ4v) is 4.43. The molecular formula is C20H29NO2Si. The van der Waals surface area contributed by atoms with Gasteiger partial charge in [0.2, 0.25) is 0 Å². The van der Waals surface area contributed by atoms with Crippen LogP contribution in [0, 0.1) is 11.5 Å². The number of hydrogen-bond donors (Lipinski definition) is 1. The molecule has 2 fully saturated rings. The maximum absolute atomic E-state index is 11.1. The summed E-state index contributed by atoms with van der Waals surface area (Å²) in [5, 5.41) is 11.1. The first kappa shape index (κ1) is 17.7. The molecule has 2 heterocycles. The van der Waals surface area contributed by atoms with Gasteiger partial charge in [-0.2, -0.15) is 0 Å². The summed E-state index contributed by atoms with van der Waals surface area (Å²) < 4.78 is 5.77. The number of nitrogens with zero attached hydrogens (tertiary/aromatic N) is 1. The average molecular weight is 344 g/mol. The van der Waals surface area contributed by atoms with Crippen LogP contribution >= 0.6 is 0 Å². The van der Waals surface area contributed by atoms with E-state index in [9.17, 15) is 5.11 Å². The lowest BCUT2D eigenvalue weighted by atomic mass is 9.79. The molecule has 2 unspecified atom stereocenters. The van der Waals surface area contributed by atoms with Crippen LogP contribution in [0.5, 0.6) is 0 Å². The van der Waals surface area contributed by atoms with Gasteiger partial charge in [0.1, 0.15) is 8.07 Å². The largest absolute Gasteiger partial charge is 0.389 e. The van der Waals surface area contributed by atoms with Crippen LogP contribution in [0.2, 0.25) is 19.6 Å². The monoisotopic (exact) mass is 343 g/mol. The fraction of sp³-hybridized carbons (Fsp3) is 0.600. The molecule has 1 aromatic rings. The van der Waals surface area contributed by atoms with E-state index in [1.165, 1.54) is 5.56 Å². The van der Waals surface area contributed by atoms with Gasteiger partial charge in [0.15, 0.2) is 0 Å². The van der Waals surface area contributed by atoms with E-state index in [4.69, 9.17) is 4.74 Å². The van der Waals surface area contributed by atoms with Gasteiger partial charge < -0.3 is 9.84 Å². The van der Waals surface area contributed by atoms with Crippen molar-refractivity contribution in [3.05, 3.63) is 35.9 Å². The molecule has 3 nitrogen and oxygen atoms in total. The quantitative estimate of drug-likeness (QED) is 0.676. The Morgan fingerprint density at radius 1 is 1.17 bits per heavy atom. The van der Waals surface area contributed by atoms with E-state index in [1.807, 2.05) is 0 Å². The van der Waals surface area contributed by atoms with E-state index >= 15 is 0 Å². The number of piperidine rings is 1. The molecule has 2 aliphatic rings. The average Bonchev–Trinajstić information content (AvgIpc) is 2.48. The minimum atomic E-state index is -1.37. The highest BCUT2D eigenvalue weighted by Crippen LogP contribution is 2.37. The zero-order chi connectivity index (χ0) is 17.2. The van der Waals surface area contributed by atoms with Crippen LogP contribution in [0.25, 0.3) is 0 Å². The molecule has 0 radical (unpaired) electrons. The van der Waals surface area contributed by atoms with Crippen molar-refractivity contribution in [1.29, 1.82) is 0 Å². The maximum atomic E-state index is 11.1. The van der Waals surface area contributed by atoms with Gasteiger partial charge in [-0.05, 0) is 18.4 Å². The van der Waals surface area contributed by atoms with Gasteiger partial charge in [-0.3, -0.25) is 4.90 Å². The molecule has 1 N–H and O–H groups in total. The molecule has 2 saturated heterocycles. The van der Waals surface area contributed by atoms with Gasteiger partial charge in [-0.25, -0.2) is 0 Å². The van der Waals surface area contributed by atoms with Crippen molar-refractivity contribution in [2.24, 2.45) is 0 Å². The van der Waals surface area contributed by atoms with Gasteiger partial charge in [-0.15, -0.1) is 11.5 Å². The zero-order valence-corrected chi connectivity index (χ0v) is 16.1. The second kappa shape index (κ2) is 7.01. The highest BCUT2D eigenvalue weighted by molar-refractivity contribution is 6.83. The number of fused-ring (bicyclic) bond motifs is 2. The van der Waals surface area contributed by atoms with Crippen molar-refractivity contribution < 1.29 is 9.84 Å². The van der Waals surface area contributed by atoms with Crippen molar-refractivity contribution in [2.45, 2.75) is 63.1 Å². The Hall–Kier alpha value is -1.12. The summed E-state index contributed by atoms with van der Waals surface area (Å²) in [7, 11) is -1.37. The molecule has 2 aliphatic heterocycles. The highest BCUT2D eigenvalue weighted by atomic mass is 28.3. The molecule has 3 rings (SSSR count). The summed E-state index contributed by atoms with van der Waals surface area (Å²) in [6.07, 6.45) is 2.12. The topological polar surface area (TPSA) is 32.7 Å². The van der Waals surface area contributed by atoms with Gasteiger partial charge in [0.05, 0.1) is 18.8 Å². The smallest absolute Gasteiger partial charge is 0.129 e. The standard InChI is InChI=1S/C20H29NO2Si/c1-24(2,3)11-7-10-20(22)12-18-15-23-16-19(13-20)21(18)14-17-8-5-4-6-9-17/h4-6,8-9,18-19,22H,10,12-16H2,1-3H3. The minimum absolute atomic E-state index is 0.288. The van der Waals surface area contributed by atoms with Crippen LogP contribution in [-0.2, 0) is 11.3 Å². The van der Waals surface area contributed by atoms with E-state index in [2.05, 4.69) is 66.3 Å². The van der Waals surface area contributed by atoms with E-state index in [1.54, 1.807) is 0 Å². The number of hydrogen-bond acceptors (Lipinski definition) is 3. The second-order valence-electron chi connectivity index (χ2n) is 8.36. The number of morpholine rings is 1. The lowest BCUT2D eigenvalue weighted by molar-refractivity contribution is -0.144. The summed E-state index contributed by atoms with van der Waals surface area (Å²) in [4.78, 5) is 2.53. The van der Waals surface area contributed by atoms with Crippen LogP contribution in [-0.4, -0.2) is 49.0 Å². The second-order valence-corrected chi connectivity index (χ2v) is 13.1. The summed E-state index contributed by atoms with van der Waals surface area (Å²) in [5.74, 6) is 3.29. The van der Waals surface area contributed by atoms with Crippen LogP contribution in [0.3, 0.4) is 0 Å². The Morgan fingerprint density at radius 3 is 2.38 bits per heavy atom. The molecule has 2 atom stereocenters. The molecular weight excluding hydrogens is 314 g/mol. The highest BCUT2D eigenvalue weighted by Gasteiger charge is 2.45. The van der Waals surface area contributed by atoms with Crippen molar-refractivity contribution >= 4 is 8.07 Å². The van der Waals surface area contributed by atoms with Crippen molar-refractivity contribution in [1.82, 2.24) is 4.90 Å². The first-order valence-corrected chi connectivity index (χ1v) is 12.4. The van der Waals surface area contributed by atoms with E-state index in [0.29, 0.717) is 19.6 Å². The van der Waals surface area contributed by atoms with Crippen LogP contribution in [0.1, 0.15) is 24.8 Å². The number of ether oxygens (including phenoxy) is 1. The predicted molar refractivity (Wildman–Crippen MR) is 100 cm³/mol. The summed E-state index contributed by atoms with van der Waals surface area (Å²) in [6.45, 7) is 9.11. The molecule has 2 bridgehead atoms. The normalized spacial score (nSPS) is 30.5. The first-order chi connectivity index (χ1) is 11.3. The lowest BCUT2D eigenvalue weighted by Gasteiger charge is -2.51. The fourth-order valence-electron chi connectivity index (χ4n) is 3.81. The molecule has 4 heteroatoms. The Bertz CT molecular complexity index is 600. The Kier molecular flexibility index (Phi) is 5.17. The Labute approximate surface area is 147 Å². The maximum Gasteiger partial charge on any atom is 0.129 e. The van der Waals surface area contributed by atoms with E-state index < -0.39 is 13.7 Å². The van der Waals surface area contributed by atoms with Gasteiger partial charge >= 0.3 is 0 Å². The molecule has 0 amide bonds. The third-order valence-electron chi connectivity index (χ3n) is 4.88. The molecule has 0 saturated carbocycles. The summed E-state index contributed by atoms with van der Waals surface area (Å²) >= 11 is 0. The Morgan fingerprint density at radius 2 is 1.79 bits per heavy atom. The predicted octanol–water partition coefficient (Wildman–Crippen LogP) is 3.05. The molecule has 0 aromatic heterocycles. The molecule has 0 aliphatic carbocycles. The SMILES string of the molecule is C[Si](C)(C)C#CCC1(O)CC2COCC(C1)N2Cc1ccccc1. The Balaban J connectivity index is 1.69. The molecule has 0 spiro atoms. The van der Waals surface area contributed by atoms with Crippen molar-refractivity contribution in [3.63, 3.8) is 0 Å². The van der Waals surface area contributed by atoms with Crippen LogP contribution < -0.4 is 0 Å². The van der Waals surface area contributed by atoms with Crippen LogP contribution in [0.15, 0.2) is 30.3 Å². The number of rotatable bonds is 3. The summed E-state index contributed by atoms with van der Waals surface area (Å²) in [5.41, 5.74) is 4.07. The zero-order valence-electron chi connectivity index (χ0n) is 15.1. The van der Waals surface area contributed by atoms with Crippen LogP contribution in [0.4, 0.5) is 0 Å². The minimum Gasteiger partial charge on any atom is -0.389 e. The van der Waals surface area contributed by atoms with E-state index in [-0.39, 0.29) is 12.1 Å².